The number of nitrogens with one attached hydrogen (secondary N) is 4. The number of anilines is 4. The van der Waals surface area contributed by atoms with E-state index in [1.807, 2.05) is 0 Å². The second-order valence-electron chi connectivity index (χ2n) is 8.93. The monoisotopic (exact) mass is 603 g/mol. The van der Waals surface area contributed by atoms with Crippen LogP contribution in [0.15, 0.2) is 95.8 Å². The molecule has 14 heteroatoms. The molecular formula is C28H22ClN7O5S. The Labute approximate surface area is 245 Å². The molecule has 212 valence electrons. The highest BCUT2D eigenvalue weighted by molar-refractivity contribution is 7.92. The standard InChI is InChI=1S/C28H22ClN7O5S/c1-42(39,40)36-20-9-7-19(8-10-20)32-28(38)33-21-6-2-4-17(14-21)27-34-25(35-41-27)23-12-11-22(15-24(23)29)31-26(37)18-5-3-13-30-16-18/h2-16,36H,1H3,(H,31,37)(H2,32,33,38). The molecule has 2 heterocycles. The Balaban J connectivity index is 1.23. The Hall–Kier alpha value is -5.27. The van der Waals surface area contributed by atoms with E-state index in [-0.39, 0.29) is 17.6 Å². The number of benzene rings is 3. The molecule has 0 aliphatic carbocycles. The fraction of sp³-hybridized carbons (Fsp3) is 0.0357. The lowest BCUT2D eigenvalue weighted by Crippen LogP contribution is -2.19. The minimum atomic E-state index is -3.40. The summed E-state index contributed by atoms with van der Waals surface area (Å²) in [6.07, 6.45) is 4.10. The lowest BCUT2D eigenvalue weighted by molar-refractivity contribution is 0.102. The summed E-state index contributed by atoms with van der Waals surface area (Å²) in [5.41, 5.74) is 3.25. The number of halogens is 1. The van der Waals surface area contributed by atoms with Crippen LogP contribution < -0.4 is 20.7 Å². The van der Waals surface area contributed by atoms with Crippen molar-refractivity contribution in [3.63, 3.8) is 0 Å². The molecule has 0 spiro atoms. The molecule has 5 rings (SSSR count). The SMILES string of the molecule is CS(=O)(=O)Nc1ccc(NC(=O)Nc2cccc(-c3nc(-c4ccc(NC(=O)c5cccnc5)cc4Cl)no3)c2)cc1. The van der Waals surface area contributed by atoms with E-state index >= 15 is 0 Å². The van der Waals surface area contributed by atoms with Gasteiger partial charge in [-0.15, -0.1) is 0 Å². The molecular weight excluding hydrogens is 582 g/mol. The van der Waals surface area contributed by atoms with E-state index in [1.54, 1.807) is 72.9 Å². The molecule has 0 saturated heterocycles. The number of pyridine rings is 1. The number of hydrogen-bond acceptors (Lipinski definition) is 8. The van der Waals surface area contributed by atoms with Crippen LogP contribution in [0.25, 0.3) is 22.8 Å². The molecule has 4 N–H and O–H groups in total. The molecule has 0 fully saturated rings. The van der Waals surface area contributed by atoms with E-state index in [1.165, 1.54) is 18.3 Å². The Kier molecular flexibility index (Phi) is 8.13. The zero-order chi connectivity index (χ0) is 29.7. The van der Waals surface area contributed by atoms with E-state index in [9.17, 15) is 18.0 Å². The number of carbonyl (C=O) groups excluding carboxylic acids is 2. The smallest absolute Gasteiger partial charge is 0.323 e. The lowest BCUT2D eigenvalue weighted by atomic mass is 10.1. The Bertz CT molecular complexity index is 1860. The third kappa shape index (κ3) is 7.27. The number of rotatable bonds is 8. The molecule has 12 nitrogen and oxygen atoms in total. The molecule has 3 amide bonds. The van der Waals surface area contributed by atoms with Crippen molar-refractivity contribution in [3.8, 4) is 22.8 Å². The van der Waals surface area contributed by atoms with Crippen LogP contribution in [-0.2, 0) is 10.0 Å². The van der Waals surface area contributed by atoms with Gasteiger partial charge in [-0.25, -0.2) is 13.2 Å². The maximum atomic E-state index is 12.5. The van der Waals surface area contributed by atoms with Crippen LogP contribution in [0.2, 0.25) is 5.02 Å². The summed E-state index contributed by atoms with van der Waals surface area (Å²) in [6.45, 7) is 0. The van der Waals surface area contributed by atoms with Gasteiger partial charge in [-0.2, -0.15) is 4.98 Å². The van der Waals surface area contributed by atoms with Crippen LogP contribution in [0.5, 0.6) is 0 Å². The molecule has 0 bridgehead atoms. The van der Waals surface area contributed by atoms with E-state index in [4.69, 9.17) is 16.1 Å². The lowest BCUT2D eigenvalue weighted by Gasteiger charge is -2.09. The van der Waals surface area contributed by atoms with Crippen molar-refractivity contribution in [3.05, 3.63) is 102 Å². The van der Waals surface area contributed by atoms with Gasteiger partial charge in [0.15, 0.2) is 0 Å². The van der Waals surface area contributed by atoms with Crippen molar-refractivity contribution in [2.45, 2.75) is 0 Å². The van der Waals surface area contributed by atoms with Gasteiger partial charge in [-0.3, -0.25) is 14.5 Å². The predicted molar refractivity (Wildman–Crippen MR) is 160 cm³/mol. The normalized spacial score (nSPS) is 11.0. The Morgan fingerprint density at radius 2 is 1.55 bits per heavy atom. The number of aromatic nitrogens is 3. The van der Waals surface area contributed by atoms with Gasteiger partial charge in [0.25, 0.3) is 11.8 Å². The number of nitrogens with zero attached hydrogens (tertiary/aromatic N) is 3. The van der Waals surface area contributed by atoms with Crippen molar-refractivity contribution >= 4 is 56.3 Å². The van der Waals surface area contributed by atoms with Crippen LogP contribution >= 0.6 is 11.6 Å². The van der Waals surface area contributed by atoms with Crippen molar-refractivity contribution in [2.24, 2.45) is 0 Å². The second-order valence-corrected chi connectivity index (χ2v) is 11.1. The number of sulfonamides is 1. The van der Waals surface area contributed by atoms with Gasteiger partial charge in [0.2, 0.25) is 15.8 Å². The summed E-state index contributed by atoms with van der Waals surface area (Å²) < 4.78 is 30.5. The largest absolute Gasteiger partial charge is 0.334 e. The average molecular weight is 604 g/mol. The maximum Gasteiger partial charge on any atom is 0.323 e. The first kappa shape index (κ1) is 28.3. The number of amides is 3. The molecule has 0 aliphatic heterocycles. The average Bonchev–Trinajstić information content (AvgIpc) is 3.44. The summed E-state index contributed by atoms with van der Waals surface area (Å²) in [7, 11) is -3.40. The van der Waals surface area contributed by atoms with Crippen molar-refractivity contribution in [1.29, 1.82) is 0 Å². The van der Waals surface area contributed by atoms with Gasteiger partial charge in [0.05, 0.1) is 16.8 Å². The highest BCUT2D eigenvalue weighted by Crippen LogP contribution is 2.31. The Morgan fingerprint density at radius 1 is 0.833 bits per heavy atom. The minimum Gasteiger partial charge on any atom is -0.334 e. The van der Waals surface area contributed by atoms with Gasteiger partial charge in [0, 0.05) is 46.3 Å². The fourth-order valence-electron chi connectivity index (χ4n) is 3.78. The van der Waals surface area contributed by atoms with Crippen LogP contribution in [0.3, 0.4) is 0 Å². The van der Waals surface area contributed by atoms with Crippen LogP contribution in [0, 0.1) is 0 Å². The molecule has 2 aromatic heterocycles. The van der Waals surface area contributed by atoms with Crippen molar-refractivity contribution in [1.82, 2.24) is 15.1 Å². The van der Waals surface area contributed by atoms with Gasteiger partial charge >= 0.3 is 6.03 Å². The quantitative estimate of drug-likeness (QED) is 0.175. The first-order valence-corrected chi connectivity index (χ1v) is 14.5. The third-order valence-electron chi connectivity index (χ3n) is 5.63. The Morgan fingerprint density at radius 3 is 2.26 bits per heavy atom. The highest BCUT2D eigenvalue weighted by atomic mass is 35.5. The van der Waals surface area contributed by atoms with Crippen molar-refractivity contribution in [2.75, 3.05) is 26.9 Å². The summed E-state index contributed by atoms with van der Waals surface area (Å²) in [4.78, 5) is 33.3. The minimum absolute atomic E-state index is 0.202. The van der Waals surface area contributed by atoms with Crippen LogP contribution in [-0.4, -0.2) is 41.7 Å². The van der Waals surface area contributed by atoms with Gasteiger partial charge in [-0.1, -0.05) is 22.8 Å². The molecule has 0 atom stereocenters. The van der Waals surface area contributed by atoms with E-state index < -0.39 is 16.1 Å². The summed E-state index contributed by atoms with van der Waals surface area (Å²) in [6, 6.07) is 20.7. The summed E-state index contributed by atoms with van der Waals surface area (Å²) in [5.74, 6) is 0.119. The summed E-state index contributed by atoms with van der Waals surface area (Å²) in [5, 5.41) is 12.5. The maximum absolute atomic E-state index is 12.5. The van der Waals surface area contributed by atoms with E-state index in [2.05, 4.69) is 35.8 Å². The molecule has 5 aromatic rings. The molecule has 0 saturated carbocycles. The number of urea groups is 1. The van der Waals surface area contributed by atoms with Gasteiger partial charge in [0.1, 0.15) is 0 Å². The van der Waals surface area contributed by atoms with Crippen LogP contribution in [0.4, 0.5) is 27.5 Å². The molecule has 0 unspecified atom stereocenters. The highest BCUT2D eigenvalue weighted by Gasteiger charge is 2.16. The molecule has 0 aliphatic rings. The zero-order valence-corrected chi connectivity index (χ0v) is 23.4. The molecule has 3 aromatic carbocycles. The fourth-order valence-corrected chi connectivity index (χ4v) is 4.61. The third-order valence-corrected chi connectivity index (χ3v) is 6.55. The zero-order valence-electron chi connectivity index (χ0n) is 21.8. The topological polar surface area (TPSA) is 168 Å². The molecule has 0 radical (unpaired) electrons. The van der Waals surface area contributed by atoms with E-state index in [0.29, 0.717) is 44.5 Å². The second kappa shape index (κ2) is 12.1. The number of carbonyl (C=O) groups is 2. The van der Waals surface area contributed by atoms with Crippen LogP contribution in [0.1, 0.15) is 10.4 Å². The van der Waals surface area contributed by atoms with Gasteiger partial charge < -0.3 is 20.5 Å². The first-order chi connectivity index (χ1) is 20.1. The molecule has 42 heavy (non-hydrogen) atoms. The van der Waals surface area contributed by atoms with E-state index in [0.717, 1.165) is 6.26 Å². The predicted octanol–water partition coefficient (Wildman–Crippen LogP) is 5.72. The number of hydrogen-bond donors (Lipinski definition) is 4. The first-order valence-electron chi connectivity index (χ1n) is 12.2. The van der Waals surface area contributed by atoms with Gasteiger partial charge in [-0.05, 0) is 72.8 Å². The van der Waals surface area contributed by atoms with Crippen molar-refractivity contribution < 1.29 is 22.5 Å². The summed E-state index contributed by atoms with van der Waals surface area (Å²) >= 11 is 6.46.